The van der Waals surface area contributed by atoms with E-state index in [2.05, 4.69) is 0 Å². The Labute approximate surface area is 216 Å². The van der Waals surface area contributed by atoms with Gasteiger partial charge in [-0.1, -0.05) is 48.5 Å². The topological polar surface area (TPSA) is 72.9 Å². The van der Waals surface area contributed by atoms with E-state index >= 15 is 0 Å². The van der Waals surface area contributed by atoms with Crippen LogP contribution >= 0.6 is 11.8 Å². The first-order chi connectivity index (χ1) is 17.9. The van der Waals surface area contributed by atoms with E-state index in [1.165, 1.54) is 36.3 Å². The summed E-state index contributed by atoms with van der Waals surface area (Å²) in [5.41, 5.74) is 1.50. The van der Waals surface area contributed by atoms with Gasteiger partial charge in [0, 0.05) is 0 Å². The van der Waals surface area contributed by atoms with Crippen LogP contribution in [0.3, 0.4) is 0 Å². The van der Waals surface area contributed by atoms with Gasteiger partial charge in [-0.05, 0) is 76.1 Å². The van der Waals surface area contributed by atoms with Gasteiger partial charge < -0.3 is 9.47 Å². The maximum Gasteiger partial charge on any atom is 0.343 e. The summed E-state index contributed by atoms with van der Waals surface area (Å²) in [5.74, 6) is -1.29. The van der Waals surface area contributed by atoms with E-state index in [1.54, 1.807) is 18.2 Å². The maximum atomic E-state index is 13.4. The summed E-state index contributed by atoms with van der Waals surface area (Å²) < 4.78 is 24.1. The standard InChI is InChI=1S/C29H20FNO5S/c1-35-25-14-18(10-12-24(25)36-28(33)22-7-4-8-23(30)16-22)15-26-27(32)31(29(34)37-26)17-19-9-11-20-5-2-3-6-21(20)13-19/h2-16H,17H2,1H3/b26-15-. The monoisotopic (exact) mass is 513 g/mol. The zero-order valence-corrected chi connectivity index (χ0v) is 20.5. The molecular formula is C29H20FNO5S. The second-order valence-corrected chi connectivity index (χ2v) is 9.25. The number of hydrogen-bond acceptors (Lipinski definition) is 6. The van der Waals surface area contributed by atoms with E-state index in [4.69, 9.17) is 9.47 Å². The molecule has 0 N–H and O–H groups in total. The van der Waals surface area contributed by atoms with Gasteiger partial charge in [0.25, 0.3) is 11.1 Å². The number of benzene rings is 4. The van der Waals surface area contributed by atoms with Crippen molar-refractivity contribution >= 4 is 45.7 Å². The molecule has 1 aliphatic rings. The third-order valence-corrected chi connectivity index (χ3v) is 6.68. The quantitative estimate of drug-likeness (QED) is 0.168. The molecule has 0 atom stereocenters. The summed E-state index contributed by atoms with van der Waals surface area (Å²) >= 11 is 0.863. The Morgan fingerprint density at radius 1 is 0.919 bits per heavy atom. The SMILES string of the molecule is COc1cc(/C=C2\SC(=O)N(Cc3ccc4ccccc4c3)C2=O)ccc1OC(=O)c1cccc(F)c1. The zero-order chi connectivity index (χ0) is 25.9. The molecular weight excluding hydrogens is 493 g/mol. The molecule has 0 saturated carbocycles. The lowest BCUT2D eigenvalue weighted by atomic mass is 10.1. The molecule has 0 unspecified atom stereocenters. The molecule has 1 saturated heterocycles. The van der Waals surface area contributed by atoms with Gasteiger partial charge in [0.05, 0.1) is 24.1 Å². The lowest BCUT2D eigenvalue weighted by molar-refractivity contribution is -0.123. The van der Waals surface area contributed by atoms with Gasteiger partial charge in [-0.15, -0.1) is 0 Å². The van der Waals surface area contributed by atoms with Gasteiger partial charge in [0.1, 0.15) is 5.82 Å². The Morgan fingerprint density at radius 2 is 1.73 bits per heavy atom. The summed E-state index contributed by atoms with van der Waals surface area (Å²) in [5, 5.41) is 1.77. The van der Waals surface area contributed by atoms with Crippen LogP contribution < -0.4 is 9.47 Å². The smallest absolute Gasteiger partial charge is 0.343 e. The van der Waals surface area contributed by atoms with Crippen LogP contribution in [0, 0.1) is 5.82 Å². The number of imide groups is 1. The highest BCUT2D eigenvalue weighted by molar-refractivity contribution is 8.18. The van der Waals surface area contributed by atoms with Crippen molar-refractivity contribution in [3.8, 4) is 11.5 Å². The van der Waals surface area contributed by atoms with Crippen LogP contribution in [0.25, 0.3) is 16.8 Å². The van der Waals surface area contributed by atoms with E-state index in [-0.39, 0.29) is 39.7 Å². The van der Waals surface area contributed by atoms with Crippen LogP contribution in [-0.4, -0.2) is 29.1 Å². The summed E-state index contributed by atoms with van der Waals surface area (Å²) in [6.45, 7) is 0.172. The summed E-state index contributed by atoms with van der Waals surface area (Å²) in [6, 6.07) is 23.6. The number of hydrogen-bond donors (Lipinski definition) is 0. The molecule has 4 aromatic rings. The number of methoxy groups -OCH3 is 1. The van der Waals surface area contributed by atoms with E-state index in [9.17, 15) is 18.8 Å². The van der Waals surface area contributed by atoms with Crippen molar-refractivity contribution in [1.29, 1.82) is 0 Å². The summed E-state index contributed by atoms with van der Waals surface area (Å²) in [4.78, 5) is 39.5. The highest BCUT2D eigenvalue weighted by atomic mass is 32.2. The molecule has 0 aliphatic carbocycles. The first kappa shape index (κ1) is 24.3. The summed E-state index contributed by atoms with van der Waals surface area (Å²) in [7, 11) is 1.41. The van der Waals surface area contributed by atoms with Crippen molar-refractivity contribution in [3.05, 3.63) is 112 Å². The number of amides is 2. The molecule has 6 nitrogen and oxygen atoms in total. The molecule has 0 bridgehead atoms. The van der Waals surface area contributed by atoms with Gasteiger partial charge in [0.2, 0.25) is 0 Å². The molecule has 184 valence electrons. The lowest BCUT2D eigenvalue weighted by Gasteiger charge is -2.13. The molecule has 5 rings (SSSR count). The predicted octanol–water partition coefficient (Wildman–Crippen LogP) is 6.44. The van der Waals surface area contributed by atoms with E-state index in [1.807, 2.05) is 42.5 Å². The van der Waals surface area contributed by atoms with Crippen molar-refractivity contribution < 1.29 is 28.2 Å². The van der Waals surface area contributed by atoms with Crippen LogP contribution in [0.2, 0.25) is 0 Å². The van der Waals surface area contributed by atoms with Crippen molar-refractivity contribution in [2.24, 2.45) is 0 Å². The molecule has 37 heavy (non-hydrogen) atoms. The lowest BCUT2D eigenvalue weighted by Crippen LogP contribution is -2.27. The zero-order valence-electron chi connectivity index (χ0n) is 19.6. The Morgan fingerprint density at radius 3 is 2.51 bits per heavy atom. The van der Waals surface area contributed by atoms with Crippen LogP contribution in [0.1, 0.15) is 21.5 Å². The Hall–Kier alpha value is -4.43. The van der Waals surface area contributed by atoms with Crippen LogP contribution in [-0.2, 0) is 11.3 Å². The molecule has 4 aromatic carbocycles. The molecule has 8 heteroatoms. The van der Waals surface area contributed by atoms with Crippen LogP contribution in [0.15, 0.2) is 89.8 Å². The third-order valence-electron chi connectivity index (χ3n) is 5.78. The molecule has 1 aliphatic heterocycles. The molecule has 0 aromatic heterocycles. The number of rotatable bonds is 6. The predicted molar refractivity (Wildman–Crippen MR) is 140 cm³/mol. The van der Waals surface area contributed by atoms with Crippen molar-refractivity contribution in [2.45, 2.75) is 6.54 Å². The third kappa shape index (κ3) is 5.24. The highest BCUT2D eigenvalue weighted by Gasteiger charge is 2.35. The van der Waals surface area contributed by atoms with Crippen LogP contribution in [0.5, 0.6) is 11.5 Å². The number of nitrogens with zero attached hydrogens (tertiary/aromatic N) is 1. The van der Waals surface area contributed by atoms with E-state index in [0.717, 1.165) is 34.2 Å². The fourth-order valence-corrected chi connectivity index (χ4v) is 4.78. The molecule has 0 radical (unpaired) electrons. The maximum absolute atomic E-state index is 13.4. The van der Waals surface area contributed by atoms with Crippen molar-refractivity contribution in [2.75, 3.05) is 7.11 Å². The fourth-order valence-electron chi connectivity index (χ4n) is 3.94. The van der Waals surface area contributed by atoms with Crippen molar-refractivity contribution in [1.82, 2.24) is 4.90 Å². The number of ether oxygens (including phenoxy) is 2. The highest BCUT2D eigenvalue weighted by Crippen LogP contribution is 2.35. The van der Waals surface area contributed by atoms with Gasteiger partial charge in [-0.3, -0.25) is 14.5 Å². The van der Waals surface area contributed by atoms with Gasteiger partial charge in [-0.25, -0.2) is 9.18 Å². The minimum absolute atomic E-state index is 0.0613. The van der Waals surface area contributed by atoms with Gasteiger partial charge >= 0.3 is 5.97 Å². The van der Waals surface area contributed by atoms with Crippen LogP contribution in [0.4, 0.5) is 9.18 Å². The Bertz CT molecular complexity index is 1580. The largest absolute Gasteiger partial charge is 0.493 e. The number of fused-ring (bicyclic) bond motifs is 1. The second-order valence-electron chi connectivity index (χ2n) is 8.26. The minimum atomic E-state index is -0.736. The number of esters is 1. The number of carbonyl (C=O) groups excluding carboxylic acids is 3. The number of halogens is 1. The number of carbonyl (C=O) groups is 3. The average Bonchev–Trinajstić information content (AvgIpc) is 3.16. The van der Waals surface area contributed by atoms with E-state index < -0.39 is 11.8 Å². The Balaban J connectivity index is 1.33. The van der Waals surface area contributed by atoms with E-state index in [0.29, 0.717) is 5.56 Å². The fraction of sp³-hybridized carbons (Fsp3) is 0.0690. The Kier molecular flexibility index (Phi) is 6.74. The van der Waals surface area contributed by atoms with Gasteiger partial charge in [0.15, 0.2) is 11.5 Å². The molecule has 1 fully saturated rings. The van der Waals surface area contributed by atoms with Gasteiger partial charge in [-0.2, -0.15) is 0 Å². The average molecular weight is 514 g/mol. The second kappa shape index (κ2) is 10.3. The number of thioether (sulfide) groups is 1. The summed E-state index contributed by atoms with van der Waals surface area (Å²) in [6.07, 6.45) is 1.59. The minimum Gasteiger partial charge on any atom is -0.493 e. The molecule has 0 spiro atoms. The molecule has 1 heterocycles. The first-order valence-corrected chi connectivity index (χ1v) is 12.1. The molecule has 2 amide bonds. The van der Waals surface area contributed by atoms with Crippen molar-refractivity contribution in [3.63, 3.8) is 0 Å². The first-order valence-electron chi connectivity index (χ1n) is 11.3. The normalized spacial score (nSPS) is 14.4.